The first-order valence-corrected chi connectivity index (χ1v) is 9.74. The van der Waals surface area contributed by atoms with Crippen molar-refractivity contribution >= 4 is 29.3 Å². The van der Waals surface area contributed by atoms with Crippen LogP contribution in [0.4, 0.5) is 18.9 Å². The maximum atomic E-state index is 14.6. The molecule has 150 valence electrons. The third-order valence-corrected chi connectivity index (χ3v) is 4.71. The molecule has 0 saturated heterocycles. The molecule has 0 aliphatic heterocycles. The molecule has 0 N–H and O–H groups in total. The normalized spacial score (nSPS) is 12.7. The summed E-state index contributed by atoms with van der Waals surface area (Å²) >= 11 is 0. The van der Waals surface area contributed by atoms with Crippen molar-refractivity contribution in [3.8, 4) is 0 Å². The van der Waals surface area contributed by atoms with Crippen molar-refractivity contribution < 1.29 is 22.1 Å². The molecular weight excluding hydrogens is 391 g/mol. The molecule has 0 bridgehead atoms. The third kappa shape index (κ3) is 5.91. The number of nitrogens with zero attached hydrogens (tertiary/aromatic N) is 3. The van der Waals surface area contributed by atoms with Gasteiger partial charge >= 0.3 is 0 Å². The molecule has 0 aliphatic rings. The molecule has 2 rings (SSSR count). The first kappa shape index (κ1) is 21.6. The zero-order chi connectivity index (χ0) is 20.7. The maximum Gasteiger partial charge on any atom is 0.272 e. The first-order chi connectivity index (χ1) is 13.3. The number of benzene rings is 2. The Kier molecular flexibility index (Phi) is 7.74. The van der Waals surface area contributed by atoms with Gasteiger partial charge in [0.15, 0.2) is 6.61 Å². The lowest BCUT2D eigenvalue weighted by molar-refractivity contribution is 0.0765. The van der Waals surface area contributed by atoms with Gasteiger partial charge in [0, 0.05) is 29.8 Å². The van der Waals surface area contributed by atoms with Crippen LogP contribution in [-0.4, -0.2) is 36.1 Å². The van der Waals surface area contributed by atoms with Gasteiger partial charge in [0.25, 0.3) is 6.43 Å². The molecule has 0 saturated carbocycles. The summed E-state index contributed by atoms with van der Waals surface area (Å²) in [5, 5.41) is 6.79. The van der Waals surface area contributed by atoms with Gasteiger partial charge in [-0.2, -0.15) is 5.10 Å². The molecule has 9 heteroatoms. The molecule has 0 spiro atoms. The number of alkyl halides is 2. The SMILES string of the molecule is C=N/N=C(\OCC(F)F)c1ccc(CN(c2ccc(C)cc2)S(C)=O)c(F)c1. The van der Waals surface area contributed by atoms with Gasteiger partial charge in [-0.15, -0.1) is 5.10 Å². The largest absolute Gasteiger partial charge is 0.470 e. The predicted octanol–water partition coefficient (Wildman–Crippen LogP) is 4.08. The van der Waals surface area contributed by atoms with E-state index in [0.717, 1.165) is 11.6 Å². The van der Waals surface area contributed by atoms with E-state index in [1.807, 2.05) is 31.2 Å². The van der Waals surface area contributed by atoms with Crippen LogP contribution in [0.2, 0.25) is 0 Å². The number of hydrogen-bond donors (Lipinski definition) is 0. The van der Waals surface area contributed by atoms with Crippen LogP contribution in [0.3, 0.4) is 0 Å². The Hall–Kier alpha value is -2.68. The van der Waals surface area contributed by atoms with Crippen LogP contribution >= 0.6 is 0 Å². The number of rotatable bonds is 8. The van der Waals surface area contributed by atoms with E-state index in [0.29, 0.717) is 5.69 Å². The highest BCUT2D eigenvalue weighted by Crippen LogP contribution is 2.22. The van der Waals surface area contributed by atoms with E-state index in [9.17, 15) is 17.4 Å². The molecule has 2 aromatic rings. The monoisotopic (exact) mass is 411 g/mol. The first-order valence-electron chi connectivity index (χ1n) is 8.23. The molecule has 1 atom stereocenters. The molecule has 1 unspecified atom stereocenters. The maximum absolute atomic E-state index is 14.6. The Morgan fingerprint density at radius 3 is 2.46 bits per heavy atom. The quantitative estimate of drug-likeness (QED) is 0.373. The average Bonchev–Trinajstić information content (AvgIpc) is 2.64. The summed E-state index contributed by atoms with van der Waals surface area (Å²) in [4.78, 5) is 0. The van der Waals surface area contributed by atoms with Gasteiger partial charge in [-0.3, -0.25) is 4.31 Å². The molecule has 0 aromatic heterocycles. The van der Waals surface area contributed by atoms with Crippen LogP contribution in [0.25, 0.3) is 0 Å². The van der Waals surface area contributed by atoms with E-state index in [1.54, 1.807) is 4.31 Å². The van der Waals surface area contributed by atoms with Gasteiger partial charge in [-0.25, -0.2) is 17.4 Å². The standard InChI is InChI=1S/C19H20F3N3O2S/c1-13-4-8-16(9-5-13)25(28(3)26)11-15-7-6-14(10-17(15)20)19(24-23-2)27-12-18(21)22/h4-10,18H,2,11-12H2,1,3H3/b24-19-. The van der Waals surface area contributed by atoms with E-state index in [-0.39, 0.29) is 23.6 Å². The lowest BCUT2D eigenvalue weighted by Crippen LogP contribution is -2.25. The van der Waals surface area contributed by atoms with Crippen LogP contribution in [0.1, 0.15) is 16.7 Å². The highest BCUT2D eigenvalue weighted by atomic mass is 32.2. The van der Waals surface area contributed by atoms with E-state index >= 15 is 0 Å². The summed E-state index contributed by atoms with van der Waals surface area (Å²) < 4.78 is 57.9. The van der Waals surface area contributed by atoms with Crippen molar-refractivity contribution in [2.75, 3.05) is 17.2 Å². The van der Waals surface area contributed by atoms with Crippen LogP contribution in [0, 0.1) is 12.7 Å². The van der Waals surface area contributed by atoms with E-state index in [2.05, 4.69) is 16.9 Å². The highest BCUT2D eigenvalue weighted by molar-refractivity contribution is 7.85. The molecule has 28 heavy (non-hydrogen) atoms. The van der Waals surface area contributed by atoms with Gasteiger partial charge in [0.2, 0.25) is 5.90 Å². The molecule has 0 heterocycles. The minimum atomic E-state index is -2.71. The fraction of sp³-hybridized carbons (Fsp3) is 0.263. The van der Waals surface area contributed by atoms with Gasteiger partial charge in [-0.1, -0.05) is 23.8 Å². The van der Waals surface area contributed by atoms with Crippen molar-refractivity contribution in [1.29, 1.82) is 0 Å². The molecular formula is C19H20F3N3O2S. The van der Waals surface area contributed by atoms with Crippen LogP contribution in [-0.2, 0) is 22.3 Å². The number of aryl methyl sites for hydroxylation is 1. The molecule has 0 aliphatic carbocycles. The van der Waals surface area contributed by atoms with Gasteiger partial charge < -0.3 is 4.74 Å². The van der Waals surface area contributed by atoms with Gasteiger partial charge in [0.1, 0.15) is 16.8 Å². The van der Waals surface area contributed by atoms with Crippen LogP contribution in [0.15, 0.2) is 52.7 Å². The van der Waals surface area contributed by atoms with Crippen molar-refractivity contribution in [2.24, 2.45) is 10.2 Å². The predicted molar refractivity (Wildman–Crippen MR) is 106 cm³/mol. The minimum absolute atomic E-state index is 0.0579. The van der Waals surface area contributed by atoms with E-state index < -0.39 is 29.8 Å². The summed E-state index contributed by atoms with van der Waals surface area (Å²) in [6.07, 6.45) is -1.20. The van der Waals surface area contributed by atoms with Crippen LogP contribution in [0.5, 0.6) is 0 Å². The number of anilines is 1. The van der Waals surface area contributed by atoms with E-state index in [4.69, 9.17) is 4.74 Å². The van der Waals surface area contributed by atoms with Crippen molar-refractivity contribution in [3.05, 3.63) is 65.0 Å². The summed E-state index contributed by atoms with van der Waals surface area (Å²) in [7, 11) is -1.38. The van der Waals surface area contributed by atoms with Crippen molar-refractivity contribution in [1.82, 2.24) is 0 Å². The number of hydrogen-bond acceptors (Lipinski definition) is 4. The summed E-state index contributed by atoms with van der Waals surface area (Å²) in [5.41, 5.74) is 2.16. The zero-order valence-electron chi connectivity index (χ0n) is 15.4. The smallest absolute Gasteiger partial charge is 0.272 e. The summed E-state index contributed by atoms with van der Waals surface area (Å²) in [6, 6.07) is 11.4. The Morgan fingerprint density at radius 2 is 1.93 bits per heavy atom. The second-order valence-electron chi connectivity index (χ2n) is 5.85. The van der Waals surface area contributed by atoms with Gasteiger partial charge in [0.05, 0.1) is 6.54 Å². The molecule has 0 fully saturated rings. The summed E-state index contributed by atoms with van der Waals surface area (Å²) in [5.74, 6) is -0.868. The zero-order valence-corrected chi connectivity index (χ0v) is 16.3. The second-order valence-corrected chi connectivity index (χ2v) is 7.14. The average molecular weight is 411 g/mol. The molecule has 0 amide bonds. The number of ether oxygens (including phenoxy) is 1. The second kappa shape index (κ2) is 10.0. The van der Waals surface area contributed by atoms with Crippen molar-refractivity contribution in [2.45, 2.75) is 19.9 Å². The molecule has 0 radical (unpaired) electrons. The lowest BCUT2D eigenvalue weighted by atomic mass is 10.1. The highest BCUT2D eigenvalue weighted by Gasteiger charge is 2.16. The summed E-state index contributed by atoms with van der Waals surface area (Å²) in [6.45, 7) is 4.25. The fourth-order valence-corrected chi connectivity index (χ4v) is 3.12. The minimum Gasteiger partial charge on any atom is -0.470 e. The Balaban J connectivity index is 2.26. The Labute approximate surface area is 164 Å². The topological polar surface area (TPSA) is 54.3 Å². The molecule has 5 nitrogen and oxygen atoms in total. The lowest BCUT2D eigenvalue weighted by Gasteiger charge is -2.22. The Bertz CT molecular complexity index is 873. The molecule has 2 aromatic carbocycles. The Morgan fingerprint density at radius 1 is 1.25 bits per heavy atom. The third-order valence-electron chi connectivity index (χ3n) is 3.75. The van der Waals surface area contributed by atoms with Crippen molar-refractivity contribution in [3.63, 3.8) is 0 Å². The van der Waals surface area contributed by atoms with E-state index in [1.165, 1.54) is 18.4 Å². The fourth-order valence-electron chi connectivity index (χ4n) is 2.38. The number of halogens is 3. The van der Waals surface area contributed by atoms with Gasteiger partial charge in [-0.05, 0) is 31.2 Å². The van der Waals surface area contributed by atoms with Crippen LogP contribution < -0.4 is 4.31 Å².